The molecule has 1 aromatic rings. The lowest BCUT2D eigenvalue weighted by Gasteiger charge is -2.12. The Morgan fingerprint density at radius 1 is 1.47 bits per heavy atom. The number of carbonyl (C=O) groups is 1. The Kier molecular flexibility index (Phi) is 3.93. The molecular formula is C12H11F3O2. The van der Waals surface area contributed by atoms with Gasteiger partial charge in [-0.1, -0.05) is 6.58 Å². The molecule has 0 radical (unpaired) electrons. The van der Waals surface area contributed by atoms with Crippen LogP contribution in [-0.2, 0) is 6.18 Å². The van der Waals surface area contributed by atoms with Gasteiger partial charge in [0.05, 0.1) is 17.7 Å². The number of benzene rings is 1. The smallest absolute Gasteiger partial charge is 0.416 e. The molecule has 0 bridgehead atoms. The number of carbonyl (C=O) groups excluding carboxylic acids is 1. The van der Waals surface area contributed by atoms with Crippen molar-refractivity contribution in [3.05, 3.63) is 42.0 Å². The minimum atomic E-state index is -4.46. The first-order valence-corrected chi connectivity index (χ1v) is 4.91. The standard InChI is InChI=1S/C12H11F3O2/c1-3-10(16)9-6-5-8(12(13,14)15)7-11(9)17-4-2/h3,5-7H,1,4H2,2H3. The molecule has 0 fully saturated rings. The Labute approximate surface area is 96.7 Å². The lowest BCUT2D eigenvalue weighted by atomic mass is 10.1. The third-order valence-corrected chi connectivity index (χ3v) is 2.06. The molecule has 0 spiro atoms. The maximum Gasteiger partial charge on any atom is 0.416 e. The van der Waals surface area contributed by atoms with E-state index in [1.165, 1.54) is 0 Å². The van der Waals surface area contributed by atoms with Gasteiger partial charge in [0, 0.05) is 0 Å². The molecule has 0 saturated carbocycles. The van der Waals surface area contributed by atoms with Gasteiger partial charge in [0.2, 0.25) is 0 Å². The lowest BCUT2D eigenvalue weighted by molar-refractivity contribution is -0.137. The molecule has 0 heterocycles. The van der Waals surface area contributed by atoms with Crippen molar-refractivity contribution in [1.82, 2.24) is 0 Å². The fourth-order valence-corrected chi connectivity index (χ4v) is 1.29. The predicted octanol–water partition coefficient (Wildman–Crippen LogP) is 3.47. The highest BCUT2D eigenvalue weighted by molar-refractivity contribution is 6.06. The Morgan fingerprint density at radius 3 is 2.59 bits per heavy atom. The van der Waals surface area contributed by atoms with Crippen LogP contribution in [0.25, 0.3) is 0 Å². The van der Waals surface area contributed by atoms with E-state index in [2.05, 4.69) is 6.58 Å². The number of allylic oxidation sites excluding steroid dienone is 1. The largest absolute Gasteiger partial charge is 0.493 e. The Morgan fingerprint density at radius 2 is 2.12 bits per heavy atom. The van der Waals surface area contributed by atoms with E-state index in [1.807, 2.05) is 0 Å². The highest BCUT2D eigenvalue weighted by Gasteiger charge is 2.31. The monoisotopic (exact) mass is 244 g/mol. The third kappa shape index (κ3) is 3.09. The van der Waals surface area contributed by atoms with Crippen molar-refractivity contribution in [2.24, 2.45) is 0 Å². The summed E-state index contributed by atoms with van der Waals surface area (Å²) in [4.78, 5) is 11.4. The molecule has 17 heavy (non-hydrogen) atoms. The highest BCUT2D eigenvalue weighted by atomic mass is 19.4. The van der Waals surface area contributed by atoms with Crippen molar-refractivity contribution in [2.45, 2.75) is 13.1 Å². The van der Waals surface area contributed by atoms with Crippen molar-refractivity contribution >= 4 is 5.78 Å². The molecule has 0 saturated heterocycles. The molecule has 1 rings (SSSR count). The van der Waals surface area contributed by atoms with Crippen molar-refractivity contribution in [1.29, 1.82) is 0 Å². The minimum Gasteiger partial charge on any atom is -0.493 e. The van der Waals surface area contributed by atoms with Crippen LogP contribution in [0.15, 0.2) is 30.9 Å². The molecule has 0 atom stereocenters. The summed E-state index contributed by atoms with van der Waals surface area (Å²) in [6.45, 7) is 5.09. The molecule has 0 aliphatic heterocycles. The van der Waals surface area contributed by atoms with E-state index in [0.717, 1.165) is 24.3 Å². The summed E-state index contributed by atoms with van der Waals surface area (Å²) in [6.07, 6.45) is -3.42. The van der Waals surface area contributed by atoms with Gasteiger partial charge in [-0.3, -0.25) is 4.79 Å². The zero-order valence-electron chi connectivity index (χ0n) is 9.17. The fourth-order valence-electron chi connectivity index (χ4n) is 1.29. The lowest BCUT2D eigenvalue weighted by Crippen LogP contribution is -2.08. The van der Waals surface area contributed by atoms with Crippen LogP contribution in [0.2, 0.25) is 0 Å². The summed E-state index contributed by atoms with van der Waals surface area (Å²) in [5.41, 5.74) is -0.767. The van der Waals surface area contributed by atoms with Gasteiger partial charge in [0.1, 0.15) is 5.75 Å². The number of ketones is 1. The van der Waals surface area contributed by atoms with Gasteiger partial charge >= 0.3 is 6.18 Å². The van der Waals surface area contributed by atoms with E-state index < -0.39 is 17.5 Å². The molecular weight excluding hydrogens is 233 g/mol. The Balaban J connectivity index is 3.26. The summed E-state index contributed by atoms with van der Waals surface area (Å²) in [6, 6.07) is 2.76. The van der Waals surface area contributed by atoms with Gasteiger partial charge in [-0.15, -0.1) is 0 Å². The van der Waals surface area contributed by atoms with Crippen LogP contribution in [-0.4, -0.2) is 12.4 Å². The van der Waals surface area contributed by atoms with Crippen molar-refractivity contribution in [3.8, 4) is 5.75 Å². The number of rotatable bonds is 4. The topological polar surface area (TPSA) is 26.3 Å². The first-order chi connectivity index (χ1) is 7.90. The zero-order valence-corrected chi connectivity index (χ0v) is 9.17. The quantitative estimate of drug-likeness (QED) is 0.598. The molecule has 0 aliphatic carbocycles. The van der Waals surface area contributed by atoms with Crippen LogP contribution in [0, 0.1) is 0 Å². The summed E-state index contributed by atoms with van der Waals surface area (Å²) < 4.78 is 42.4. The number of hydrogen-bond donors (Lipinski definition) is 0. The maximum absolute atomic E-state index is 12.5. The Bertz CT molecular complexity index is 436. The molecule has 1 aromatic carbocycles. The first kappa shape index (κ1) is 13.3. The third-order valence-electron chi connectivity index (χ3n) is 2.06. The molecule has 92 valence electrons. The van der Waals surface area contributed by atoms with Crippen LogP contribution < -0.4 is 4.74 Å². The van der Waals surface area contributed by atoms with E-state index in [4.69, 9.17) is 4.74 Å². The van der Waals surface area contributed by atoms with Crippen molar-refractivity contribution in [3.63, 3.8) is 0 Å². The predicted molar refractivity (Wildman–Crippen MR) is 57.1 cm³/mol. The average Bonchev–Trinajstić information content (AvgIpc) is 2.27. The second-order valence-electron chi connectivity index (χ2n) is 3.21. The first-order valence-electron chi connectivity index (χ1n) is 4.91. The van der Waals surface area contributed by atoms with E-state index in [0.29, 0.717) is 0 Å². The zero-order chi connectivity index (χ0) is 13.1. The molecule has 2 nitrogen and oxygen atoms in total. The van der Waals surface area contributed by atoms with Crippen LogP contribution in [0.1, 0.15) is 22.8 Å². The average molecular weight is 244 g/mol. The van der Waals surface area contributed by atoms with Crippen molar-refractivity contribution in [2.75, 3.05) is 6.61 Å². The summed E-state index contributed by atoms with van der Waals surface area (Å²) in [5, 5.41) is 0. The number of halogens is 3. The van der Waals surface area contributed by atoms with Gasteiger partial charge in [0.15, 0.2) is 5.78 Å². The van der Waals surface area contributed by atoms with Gasteiger partial charge in [-0.25, -0.2) is 0 Å². The van der Waals surface area contributed by atoms with Crippen LogP contribution in [0.4, 0.5) is 13.2 Å². The molecule has 0 N–H and O–H groups in total. The van der Waals surface area contributed by atoms with E-state index in [-0.39, 0.29) is 17.9 Å². The molecule has 5 heteroatoms. The Hall–Kier alpha value is -1.78. The van der Waals surface area contributed by atoms with Crippen LogP contribution in [0.5, 0.6) is 5.75 Å². The van der Waals surface area contributed by atoms with Gasteiger partial charge in [0.25, 0.3) is 0 Å². The van der Waals surface area contributed by atoms with E-state index >= 15 is 0 Å². The van der Waals surface area contributed by atoms with Gasteiger partial charge in [-0.05, 0) is 31.2 Å². The van der Waals surface area contributed by atoms with Crippen LogP contribution >= 0.6 is 0 Å². The summed E-state index contributed by atoms with van der Waals surface area (Å²) in [7, 11) is 0. The number of hydrogen-bond acceptors (Lipinski definition) is 2. The highest BCUT2D eigenvalue weighted by Crippen LogP contribution is 2.33. The van der Waals surface area contributed by atoms with E-state index in [9.17, 15) is 18.0 Å². The van der Waals surface area contributed by atoms with Crippen molar-refractivity contribution < 1.29 is 22.7 Å². The maximum atomic E-state index is 12.5. The second kappa shape index (κ2) is 5.03. The summed E-state index contributed by atoms with van der Waals surface area (Å²) >= 11 is 0. The van der Waals surface area contributed by atoms with Gasteiger partial charge < -0.3 is 4.74 Å². The van der Waals surface area contributed by atoms with Gasteiger partial charge in [-0.2, -0.15) is 13.2 Å². The van der Waals surface area contributed by atoms with Crippen LogP contribution in [0.3, 0.4) is 0 Å². The molecule has 0 aliphatic rings. The fraction of sp³-hybridized carbons (Fsp3) is 0.250. The normalized spacial score (nSPS) is 11.1. The molecule has 0 aromatic heterocycles. The summed E-state index contributed by atoms with van der Waals surface area (Å²) in [5.74, 6) is -0.547. The minimum absolute atomic E-state index is 0.0766. The number of alkyl halides is 3. The second-order valence-corrected chi connectivity index (χ2v) is 3.21. The van der Waals surface area contributed by atoms with E-state index in [1.54, 1.807) is 6.92 Å². The molecule has 0 amide bonds. The SMILES string of the molecule is C=CC(=O)c1ccc(C(F)(F)F)cc1OCC. The number of ether oxygens (including phenoxy) is 1. The molecule has 0 unspecified atom stereocenters.